The van der Waals surface area contributed by atoms with Crippen molar-refractivity contribution in [3.05, 3.63) is 0 Å². The topological polar surface area (TPSA) is 22.1 Å². The molecule has 0 saturated carbocycles. The average Bonchev–Trinajstić information content (AvgIpc) is 2.04. The fourth-order valence-corrected chi connectivity index (χ4v) is 3.70. The van der Waals surface area contributed by atoms with E-state index in [1.807, 2.05) is 0 Å². The van der Waals surface area contributed by atoms with E-state index >= 15 is 0 Å². The molecule has 7 heteroatoms. The molecule has 0 N–H and O–H groups in total. The first-order valence-corrected chi connectivity index (χ1v) is 5.39. The molecule has 0 aliphatic rings. The van der Waals surface area contributed by atoms with Crippen LogP contribution in [-0.4, -0.2) is 56.0 Å². The molecule has 0 bridgehead atoms. The molecule has 0 aliphatic heterocycles. The van der Waals surface area contributed by atoms with Gasteiger partial charge in [0.2, 0.25) is 7.51 Å². The standard InChI is InChI=1S/C6H17F2N4P/c1-10(2)13(9-8,11(3)4)12(5)6-7/h6H2,1-5H3. The maximum Gasteiger partial charge on any atom is 0.205 e. The summed E-state index contributed by atoms with van der Waals surface area (Å²) in [5.74, 6) is 0. The van der Waals surface area contributed by atoms with Crippen molar-refractivity contribution in [1.82, 2.24) is 14.0 Å². The van der Waals surface area contributed by atoms with Crippen molar-refractivity contribution in [1.29, 1.82) is 0 Å². The summed E-state index contributed by atoms with van der Waals surface area (Å²) < 4.78 is 29.6. The predicted octanol–water partition coefficient (Wildman–Crippen LogP) is 1.80. The summed E-state index contributed by atoms with van der Waals surface area (Å²) in [5.41, 5.74) is 0. The summed E-state index contributed by atoms with van der Waals surface area (Å²) in [7, 11) is 5.62. The Morgan fingerprint density at radius 2 is 1.46 bits per heavy atom. The average molecular weight is 214 g/mol. The molecular weight excluding hydrogens is 197 g/mol. The fourth-order valence-electron chi connectivity index (χ4n) is 1.23. The van der Waals surface area contributed by atoms with E-state index in [1.54, 1.807) is 37.5 Å². The van der Waals surface area contributed by atoms with E-state index in [1.165, 1.54) is 11.7 Å². The second-order valence-corrected chi connectivity index (χ2v) is 6.59. The quantitative estimate of drug-likeness (QED) is 0.526. The molecule has 80 valence electrons. The summed E-state index contributed by atoms with van der Waals surface area (Å²) in [6.45, 7) is -0.725. The lowest BCUT2D eigenvalue weighted by molar-refractivity contribution is 0.302. The van der Waals surface area contributed by atoms with Gasteiger partial charge in [-0.25, -0.2) is 18.4 Å². The first-order chi connectivity index (χ1) is 5.93. The van der Waals surface area contributed by atoms with Crippen molar-refractivity contribution in [3.8, 4) is 0 Å². The predicted molar refractivity (Wildman–Crippen MR) is 51.6 cm³/mol. The van der Waals surface area contributed by atoms with Crippen LogP contribution >= 0.6 is 7.51 Å². The third-order valence-corrected chi connectivity index (χ3v) is 5.18. The largest absolute Gasteiger partial charge is 0.250 e. The van der Waals surface area contributed by atoms with Crippen LogP contribution in [0.2, 0.25) is 0 Å². The minimum atomic E-state index is -2.63. The molecule has 0 atom stereocenters. The summed E-state index contributed by atoms with van der Waals surface area (Å²) in [5, 5.41) is 0. The van der Waals surface area contributed by atoms with Crippen molar-refractivity contribution in [2.24, 2.45) is 4.97 Å². The molecule has 4 nitrogen and oxygen atoms in total. The molecule has 0 aromatic heterocycles. The maximum absolute atomic E-state index is 12.6. The number of alkyl halides is 1. The van der Waals surface area contributed by atoms with Crippen LogP contribution in [0, 0.1) is 0 Å². The molecule has 0 aromatic rings. The van der Waals surface area contributed by atoms with Crippen molar-refractivity contribution < 1.29 is 8.87 Å². The smallest absolute Gasteiger partial charge is 0.205 e. The van der Waals surface area contributed by atoms with Crippen LogP contribution in [0.25, 0.3) is 0 Å². The monoisotopic (exact) mass is 214 g/mol. The molecular formula is C6H17F2N4P. The highest BCUT2D eigenvalue weighted by Gasteiger charge is 2.31. The van der Waals surface area contributed by atoms with Crippen LogP contribution in [0.1, 0.15) is 0 Å². The van der Waals surface area contributed by atoms with Gasteiger partial charge in [-0.1, -0.05) is 9.45 Å². The molecule has 0 aromatic carbocycles. The van der Waals surface area contributed by atoms with Crippen LogP contribution in [-0.2, 0) is 0 Å². The Balaban J connectivity index is 5.14. The van der Waals surface area contributed by atoms with Crippen molar-refractivity contribution in [2.45, 2.75) is 0 Å². The van der Waals surface area contributed by atoms with Gasteiger partial charge in [-0.05, 0) is 35.2 Å². The zero-order valence-electron chi connectivity index (χ0n) is 8.70. The molecule has 0 radical (unpaired) electrons. The molecule has 0 saturated heterocycles. The van der Waals surface area contributed by atoms with Crippen molar-refractivity contribution in [3.63, 3.8) is 0 Å². The normalized spacial score (nSPS) is 13.1. The number of halogens is 2. The van der Waals surface area contributed by atoms with E-state index in [-0.39, 0.29) is 0 Å². The first kappa shape index (κ1) is 13.0. The Bertz CT molecular complexity index is 195. The Kier molecular flexibility index (Phi) is 4.99. The third kappa shape index (κ3) is 2.26. The van der Waals surface area contributed by atoms with Gasteiger partial charge in [0.1, 0.15) is 6.80 Å². The van der Waals surface area contributed by atoms with Crippen LogP contribution < -0.4 is 0 Å². The number of hydrogen-bond donors (Lipinski definition) is 0. The van der Waals surface area contributed by atoms with Crippen molar-refractivity contribution in [2.75, 3.05) is 42.0 Å². The zero-order chi connectivity index (χ0) is 10.6. The highest BCUT2D eigenvalue weighted by molar-refractivity contribution is 7.58. The number of rotatable bonds is 4. The lowest BCUT2D eigenvalue weighted by Gasteiger charge is -2.39. The van der Waals surface area contributed by atoms with E-state index in [0.29, 0.717) is 0 Å². The highest BCUT2D eigenvalue weighted by atomic mass is 31.2. The third-order valence-electron chi connectivity index (χ3n) is 1.81. The van der Waals surface area contributed by atoms with Gasteiger partial charge in [0, 0.05) is 0 Å². The molecule has 0 aliphatic carbocycles. The summed E-state index contributed by atoms with van der Waals surface area (Å²) in [6, 6.07) is 0. The highest BCUT2D eigenvalue weighted by Crippen LogP contribution is 2.55. The van der Waals surface area contributed by atoms with Gasteiger partial charge >= 0.3 is 0 Å². The summed E-state index contributed by atoms with van der Waals surface area (Å²) in [6.07, 6.45) is 0. The van der Waals surface area contributed by atoms with E-state index < -0.39 is 14.3 Å². The second-order valence-electron chi connectivity index (χ2n) is 3.08. The first-order valence-electron chi connectivity index (χ1n) is 3.79. The van der Waals surface area contributed by atoms with Gasteiger partial charge in [-0.2, -0.15) is 0 Å². The van der Waals surface area contributed by atoms with E-state index in [4.69, 9.17) is 0 Å². The molecule has 13 heavy (non-hydrogen) atoms. The lowest BCUT2D eigenvalue weighted by atomic mass is 11.2. The molecule has 0 rings (SSSR count). The minimum absolute atomic E-state index is 0.725. The molecule has 0 fully saturated rings. The van der Waals surface area contributed by atoms with E-state index in [0.717, 1.165) is 0 Å². The lowest BCUT2D eigenvalue weighted by Crippen LogP contribution is -2.32. The molecule has 0 heterocycles. The number of nitrogens with zero attached hydrogens (tertiary/aromatic N) is 4. The van der Waals surface area contributed by atoms with E-state index in [2.05, 4.69) is 4.97 Å². The number of hydrogen-bond acceptors (Lipinski definition) is 1. The van der Waals surface area contributed by atoms with Crippen LogP contribution in [0.4, 0.5) is 8.87 Å². The Hall–Kier alpha value is -0.0300. The van der Waals surface area contributed by atoms with E-state index in [9.17, 15) is 8.87 Å². The van der Waals surface area contributed by atoms with Gasteiger partial charge in [-0.15, -0.1) is 0 Å². The zero-order valence-corrected chi connectivity index (χ0v) is 9.59. The van der Waals surface area contributed by atoms with Gasteiger partial charge in [0.15, 0.2) is 0 Å². The summed E-state index contributed by atoms with van der Waals surface area (Å²) in [4.78, 5) is 2.84. The summed E-state index contributed by atoms with van der Waals surface area (Å²) >= 11 is 0. The van der Waals surface area contributed by atoms with Crippen molar-refractivity contribution >= 4 is 7.51 Å². The van der Waals surface area contributed by atoms with Crippen LogP contribution in [0.3, 0.4) is 0 Å². The van der Waals surface area contributed by atoms with Gasteiger partial charge in [0.05, 0.1) is 0 Å². The Morgan fingerprint density at radius 1 is 1.08 bits per heavy atom. The Morgan fingerprint density at radius 3 is 1.54 bits per heavy atom. The van der Waals surface area contributed by atoms with Gasteiger partial charge in [0.25, 0.3) is 0 Å². The Labute approximate surface area is 78.3 Å². The second kappa shape index (κ2) is 5.00. The SMILES string of the molecule is CN(C)P(=NF)(N(C)C)N(C)CF. The van der Waals surface area contributed by atoms with Gasteiger partial charge < -0.3 is 0 Å². The van der Waals surface area contributed by atoms with Crippen LogP contribution in [0.15, 0.2) is 4.97 Å². The molecule has 0 amide bonds. The molecule has 0 spiro atoms. The maximum atomic E-state index is 12.6. The minimum Gasteiger partial charge on any atom is -0.250 e. The molecule has 0 unspecified atom stereocenters. The van der Waals surface area contributed by atoms with Crippen LogP contribution in [0.5, 0.6) is 0 Å². The van der Waals surface area contributed by atoms with Gasteiger partial charge in [-0.3, -0.25) is 0 Å². The fraction of sp³-hybridized carbons (Fsp3) is 1.00.